The molecule has 0 amide bonds. The lowest BCUT2D eigenvalue weighted by molar-refractivity contribution is -0.166. The largest absolute Gasteiger partial charge is 0.462 e. The van der Waals surface area contributed by atoms with Gasteiger partial charge in [-0.25, -0.2) is 0 Å². The van der Waals surface area contributed by atoms with E-state index < -0.39 is 12.1 Å². The van der Waals surface area contributed by atoms with Crippen molar-refractivity contribution in [3.63, 3.8) is 0 Å². The summed E-state index contributed by atoms with van der Waals surface area (Å²) in [6, 6.07) is 0. The van der Waals surface area contributed by atoms with E-state index in [4.69, 9.17) is 14.2 Å². The van der Waals surface area contributed by atoms with Crippen LogP contribution >= 0.6 is 0 Å². The van der Waals surface area contributed by atoms with E-state index in [-0.39, 0.29) is 31.6 Å². The molecule has 0 spiro atoms. The van der Waals surface area contributed by atoms with Gasteiger partial charge in [-0.05, 0) is 96.3 Å². The zero-order chi connectivity index (χ0) is 47.2. The maximum absolute atomic E-state index is 12.8. The number of ether oxygens (including phenoxy) is 3. The van der Waals surface area contributed by atoms with Gasteiger partial charge in [0.2, 0.25) is 0 Å². The van der Waals surface area contributed by atoms with Crippen LogP contribution in [0.15, 0.2) is 146 Å². The molecule has 0 bridgehead atoms. The average molecular weight is 895 g/mol. The summed E-state index contributed by atoms with van der Waals surface area (Å²) in [5, 5.41) is 0. The molecule has 362 valence electrons. The molecule has 65 heavy (non-hydrogen) atoms. The van der Waals surface area contributed by atoms with Gasteiger partial charge in [0, 0.05) is 19.3 Å². The summed E-state index contributed by atoms with van der Waals surface area (Å²) in [6.45, 7) is 6.22. The summed E-state index contributed by atoms with van der Waals surface area (Å²) in [5.41, 5.74) is 0. The van der Waals surface area contributed by atoms with E-state index in [0.29, 0.717) is 19.3 Å². The lowest BCUT2D eigenvalue weighted by atomic mass is 10.1. The van der Waals surface area contributed by atoms with Crippen molar-refractivity contribution >= 4 is 17.9 Å². The van der Waals surface area contributed by atoms with Gasteiger partial charge in [0.25, 0.3) is 0 Å². The van der Waals surface area contributed by atoms with Crippen LogP contribution in [0.2, 0.25) is 0 Å². The van der Waals surface area contributed by atoms with Gasteiger partial charge < -0.3 is 14.2 Å². The van der Waals surface area contributed by atoms with Gasteiger partial charge in [-0.15, -0.1) is 0 Å². The summed E-state index contributed by atoms with van der Waals surface area (Å²) < 4.78 is 16.7. The predicted molar refractivity (Wildman–Crippen MR) is 279 cm³/mol. The molecule has 0 N–H and O–H groups in total. The number of allylic oxidation sites excluding steroid dienone is 24. The van der Waals surface area contributed by atoms with Gasteiger partial charge in [0.15, 0.2) is 6.10 Å². The second-order valence-corrected chi connectivity index (χ2v) is 16.1. The molecule has 0 rings (SSSR count). The van der Waals surface area contributed by atoms with Crippen LogP contribution in [-0.2, 0) is 28.6 Å². The standard InChI is InChI=1S/C59H90O6/c1-4-7-10-13-16-19-22-25-27-29-30-32-34-37-40-43-46-49-52-58(61)64-55-56(54-63-57(60)51-48-45-42-39-36-33-24-21-18-15-12-9-6-3)65-59(62)53-50-47-44-41-38-35-31-28-26-23-20-17-14-11-8-5-2/h8-9,11-12,15-22,24-30,32,35,38,44,47,56H,4-7,10,13-14,23,31,33-34,36-37,39-43,45-46,48-55H2,1-3H3/b11-8-,12-9-,18-15-,19-16-,20-17-,24-21-,25-22-,28-26-,29-27-,32-30-,38-35-,47-44-. The highest BCUT2D eigenvalue weighted by Gasteiger charge is 2.19. The summed E-state index contributed by atoms with van der Waals surface area (Å²) in [7, 11) is 0. The molecule has 0 aromatic carbocycles. The van der Waals surface area contributed by atoms with E-state index in [9.17, 15) is 14.4 Å². The number of unbranched alkanes of at least 4 members (excludes halogenated alkanes) is 13. The van der Waals surface area contributed by atoms with Crippen LogP contribution < -0.4 is 0 Å². The second kappa shape index (κ2) is 51.9. The molecule has 0 radical (unpaired) electrons. The average Bonchev–Trinajstić information content (AvgIpc) is 3.30. The van der Waals surface area contributed by atoms with Crippen molar-refractivity contribution in [2.24, 2.45) is 0 Å². The number of esters is 3. The van der Waals surface area contributed by atoms with Gasteiger partial charge in [0.05, 0.1) is 0 Å². The molecule has 0 aromatic heterocycles. The van der Waals surface area contributed by atoms with Crippen LogP contribution in [-0.4, -0.2) is 37.2 Å². The number of hydrogen-bond acceptors (Lipinski definition) is 6. The minimum atomic E-state index is -0.842. The zero-order valence-corrected chi connectivity index (χ0v) is 41.2. The molecule has 0 aliphatic heterocycles. The predicted octanol–water partition coefficient (Wildman–Crippen LogP) is 16.9. The van der Waals surface area contributed by atoms with Crippen LogP contribution in [0.25, 0.3) is 0 Å². The summed E-state index contributed by atoms with van der Waals surface area (Å²) in [6.07, 6.45) is 74.1. The first-order valence-electron chi connectivity index (χ1n) is 25.4. The molecule has 6 heteroatoms. The maximum atomic E-state index is 12.8. The van der Waals surface area contributed by atoms with Gasteiger partial charge in [-0.3, -0.25) is 14.4 Å². The highest BCUT2D eigenvalue weighted by Crippen LogP contribution is 2.12. The summed E-state index contributed by atoms with van der Waals surface area (Å²) >= 11 is 0. The zero-order valence-electron chi connectivity index (χ0n) is 41.2. The Balaban J connectivity index is 4.61. The maximum Gasteiger partial charge on any atom is 0.306 e. The fourth-order valence-corrected chi connectivity index (χ4v) is 6.21. The summed E-state index contributed by atoms with van der Waals surface area (Å²) in [5.74, 6) is -1.07. The molecule has 0 saturated carbocycles. The van der Waals surface area contributed by atoms with E-state index in [1.807, 2.05) is 18.2 Å². The third kappa shape index (κ3) is 50.2. The van der Waals surface area contributed by atoms with Crippen LogP contribution in [0.5, 0.6) is 0 Å². The Labute approximate surface area is 397 Å². The minimum Gasteiger partial charge on any atom is -0.462 e. The first-order valence-corrected chi connectivity index (χ1v) is 25.4. The lowest BCUT2D eigenvalue weighted by Crippen LogP contribution is -2.30. The Morgan fingerprint density at radius 2 is 0.708 bits per heavy atom. The van der Waals surface area contributed by atoms with Gasteiger partial charge in [0.1, 0.15) is 13.2 Å². The Morgan fingerprint density at radius 1 is 0.338 bits per heavy atom. The Kier molecular flexibility index (Phi) is 48.2. The molecule has 0 aromatic rings. The van der Waals surface area contributed by atoms with Crippen molar-refractivity contribution in [1.82, 2.24) is 0 Å². The minimum absolute atomic E-state index is 0.133. The molecular weight excluding hydrogens is 805 g/mol. The van der Waals surface area contributed by atoms with E-state index in [0.717, 1.165) is 122 Å². The molecule has 0 heterocycles. The molecule has 1 atom stereocenters. The van der Waals surface area contributed by atoms with Crippen molar-refractivity contribution in [3.05, 3.63) is 146 Å². The molecule has 6 nitrogen and oxygen atoms in total. The van der Waals surface area contributed by atoms with Crippen LogP contribution in [0.4, 0.5) is 0 Å². The second-order valence-electron chi connectivity index (χ2n) is 16.1. The Hall–Kier alpha value is -4.71. The monoisotopic (exact) mass is 895 g/mol. The molecule has 0 aliphatic carbocycles. The Morgan fingerprint density at radius 3 is 1.15 bits per heavy atom. The molecule has 0 aliphatic rings. The first-order chi connectivity index (χ1) is 32.0. The van der Waals surface area contributed by atoms with Crippen molar-refractivity contribution in [3.8, 4) is 0 Å². The van der Waals surface area contributed by atoms with E-state index in [1.54, 1.807) is 0 Å². The molecular formula is C59H90O6. The third-order valence-corrected chi connectivity index (χ3v) is 9.98. The molecule has 0 saturated heterocycles. The van der Waals surface area contributed by atoms with E-state index in [2.05, 4.69) is 148 Å². The Bertz CT molecular complexity index is 1490. The highest BCUT2D eigenvalue weighted by molar-refractivity contribution is 5.71. The van der Waals surface area contributed by atoms with Crippen LogP contribution in [0, 0.1) is 0 Å². The van der Waals surface area contributed by atoms with E-state index >= 15 is 0 Å². The first kappa shape index (κ1) is 60.3. The smallest absolute Gasteiger partial charge is 0.306 e. The van der Waals surface area contributed by atoms with Crippen molar-refractivity contribution < 1.29 is 28.6 Å². The quantitative estimate of drug-likeness (QED) is 0.0199. The van der Waals surface area contributed by atoms with Crippen molar-refractivity contribution in [1.29, 1.82) is 0 Å². The fraction of sp³-hybridized carbons (Fsp3) is 0.542. The topological polar surface area (TPSA) is 78.9 Å². The van der Waals surface area contributed by atoms with Gasteiger partial charge in [-0.1, -0.05) is 218 Å². The number of hydrogen-bond donors (Lipinski definition) is 0. The van der Waals surface area contributed by atoms with Crippen LogP contribution in [0.3, 0.4) is 0 Å². The van der Waals surface area contributed by atoms with Crippen molar-refractivity contribution in [2.45, 2.75) is 194 Å². The molecule has 0 fully saturated rings. The lowest BCUT2D eigenvalue weighted by Gasteiger charge is -2.18. The fourth-order valence-electron chi connectivity index (χ4n) is 6.21. The number of rotatable bonds is 43. The SMILES string of the molecule is CC\C=C/C=C\C=C/CCCCCCCC(=O)OCC(COC(=O)CCCCCCC\C=C/C=C\C=C/C=C\CCCCC)OC(=O)CC/C=C\C/C=C\C/C=C\C/C=C\C/C=C\CC. The third-order valence-electron chi connectivity index (χ3n) is 9.98. The van der Waals surface area contributed by atoms with E-state index in [1.165, 1.54) is 19.3 Å². The van der Waals surface area contributed by atoms with Crippen LogP contribution in [0.1, 0.15) is 188 Å². The number of carbonyl (C=O) groups excluding carboxylic acids is 3. The normalized spacial score (nSPS) is 13.3. The van der Waals surface area contributed by atoms with Crippen molar-refractivity contribution in [2.75, 3.05) is 13.2 Å². The molecule has 1 unspecified atom stereocenters. The van der Waals surface area contributed by atoms with Gasteiger partial charge >= 0.3 is 17.9 Å². The summed E-state index contributed by atoms with van der Waals surface area (Å²) in [4.78, 5) is 37.9. The number of carbonyl (C=O) groups is 3. The highest BCUT2D eigenvalue weighted by atomic mass is 16.6. The van der Waals surface area contributed by atoms with Gasteiger partial charge in [-0.2, -0.15) is 0 Å².